The summed E-state index contributed by atoms with van der Waals surface area (Å²) in [7, 11) is -4.11. The van der Waals surface area contributed by atoms with Gasteiger partial charge in [-0.15, -0.1) is 0 Å². The first-order valence-electron chi connectivity index (χ1n) is 12.3. The number of benzene rings is 3. The molecule has 0 aromatic heterocycles. The van der Waals surface area contributed by atoms with Crippen LogP contribution in [0.5, 0.6) is 0 Å². The first-order chi connectivity index (χ1) is 18.1. The summed E-state index contributed by atoms with van der Waals surface area (Å²) in [6, 6.07) is 19.0. The number of hydrogen-bond donors (Lipinski definition) is 1. The molecule has 0 aliphatic carbocycles. The number of carbonyl (C=O) groups is 2. The van der Waals surface area contributed by atoms with E-state index in [1.165, 1.54) is 17.0 Å². The fraction of sp³-hybridized carbons (Fsp3) is 0.286. The second kappa shape index (κ2) is 13.1. The van der Waals surface area contributed by atoms with Gasteiger partial charge in [-0.25, -0.2) is 8.42 Å². The summed E-state index contributed by atoms with van der Waals surface area (Å²) in [6.07, 6.45) is 0.779. The van der Waals surface area contributed by atoms with E-state index in [4.69, 9.17) is 23.2 Å². The van der Waals surface area contributed by atoms with Crippen LogP contribution >= 0.6 is 23.2 Å². The highest BCUT2D eigenvalue weighted by Crippen LogP contribution is 2.28. The minimum Gasteiger partial charge on any atom is -0.355 e. The van der Waals surface area contributed by atoms with E-state index in [1.807, 2.05) is 19.1 Å². The van der Waals surface area contributed by atoms with E-state index in [0.717, 1.165) is 16.3 Å². The number of aryl methyl sites for hydroxylation is 1. The molecule has 3 aromatic rings. The molecule has 38 heavy (non-hydrogen) atoms. The molecule has 0 bridgehead atoms. The number of likely N-dealkylation sites (N-methyl/N-ethyl adjacent to an activating group) is 1. The van der Waals surface area contributed by atoms with Gasteiger partial charge >= 0.3 is 0 Å². The maximum Gasteiger partial charge on any atom is 0.264 e. The fourth-order valence-corrected chi connectivity index (χ4v) is 5.86. The summed E-state index contributed by atoms with van der Waals surface area (Å²) >= 11 is 12.8. The lowest BCUT2D eigenvalue weighted by Gasteiger charge is -2.32. The Kier molecular flexibility index (Phi) is 10.2. The third-order valence-corrected chi connectivity index (χ3v) is 8.65. The average Bonchev–Trinajstić information content (AvgIpc) is 2.91. The van der Waals surface area contributed by atoms with Gasteiger partial charge in [-0.1, -0.05) is 66.5 Å². The van der Waals surface area contributed by atoms with E-state index in [9.17, 15) is 18.0 Å². The van der Waals surface area contributed by atoms with Crippen LogP contribution in [-0.2, 0) is 32.6 Å². The molecule has 1 unspecified atom stereocenters. The Hall–Kier alpha value is -3.07. The second-order valence-electron chi connectivity index (χ2n) is 8.64. The maximum absolute atomic E-state index is 13.9. The molecule has 3 rings (SSSR count). The molecule has 1 atom stereocenters. The van der Waals surface area contributed by atoms with Crippen LogP contribution < -0.4 is 9.62 Å². The van der Waals surface area contributed by atoms with Crippen LogP contribution in [0.15, 0.2) is 77.7 Å². The summed E-state index contributed by atoms with van der Waals surface area (Å²) in [5.41, 5.74) is 1.82. The van der Waals surface area contributed by atoms with Crippen LogP contribution in [-0.4, -0.2) is 44.3 Å². The predicted octanol–water partition coefficient (Wildman–Crippen LogP) is 5.30. The molecular formula is C28H31Cl2N3O4S. The zero-order valence-electron chi connectivity index (χ0n) is 21.5. The number of nitrogens with one attached hydrogen (secondary N) is 1. The average molecular weight is 577 g/mol. The largest absolute Gasteiger partial charge is 0.355 e. The molecule has 2 amide bonds. The topological polar surface area (TPSA) is 86.8 Å². The van der Waals surface area contributed by atoms with Crippen molar-refractivity contribution >= 4 is 50.7 Å². The van der Waals surface area contributed by atoms with Crippen molar-refractivity contribution in [2.75, 3.05) is 17.4 Å². The fourth-order valence-electron chi connectivity index (χ4n) is 3.90. The number of amides is 2. The van der Waals surface area contributed by atoms with Gasteiger partial charge < -0.3 is 10.2 Å². The monoisotopic (exact) mass is 575 g/mol. The molecule has 3 aromatic carbocycles. The Morgan fingerprint density at radius 3 is 2.05 bits per heavy atom. The highest BCUT2D eigenvalue weighted by atomic mass is 35.5. The Bertz CT molecular complexity index is 1350. The first kappa shape index (κ1) is 29.5. The van der Waals surface area contributed by atoms with Crippen molar-refractivity contribution in [2.24, 2.45) is 0 Å². The molecule has 0 saturated carbocycles. The summed E-state index contributed by atoms with van der Waals surface area (Å²) < 4.78 is 28.6. The molecule has 1 N–H and O–H groups in total. The highest BCUT2D eigenvalue weighted by Gasteiger charge is 2.33. The molecule has 0 radical (unpaired) electrons. The number of carbonyl (C=O) groups excluding carboxylic acids is 2. The van der Waals surface area contributed by atoms with Crippen molar-refractivity contribution in [1.29, 1.82) is 0 Å². The smallest absolute Gasteiger partial charge is 0.264 e. The molecular weight excluding hydrogens is 545 g/mol. The van der Waals surface area contributed by atoms with Crippen LogP contribution in [0.4, 0.5) is 5.69 Å². The van der Waals surface area contributed by atoms with Crippen LogP contribution in [0.1, 0.15) is 31.9 Å². The predicted molar refractivity (Wildman–Crippen MR) is 152 cm³/mol. The van der Waals surface area contributed by atoms with Crippen molar-refractivity contribution in [3.8, 4) is 0 Å². The van der Waals surface area contributed by atoms with Crippen molar-refractivity contribution in [3.05, 3.63) is 94.0 Å². The Labute approximate surface area is 234 Å². The summed E-state index contributed by atoms with van der Waals surface area (Å²) in [5.74, 6) is -0.965. The van der Waals surface area contributed by atoms with Gasteiger partial charge in [0.15, 0.2) is 0 Å². The summed E-state index contributed by atoms with van der Waals surface area (Å²) in [4.78, 5) is 28.0. The Morgan fingerprint density at radius 2 is 1.50 bits per heavy atom. The van der Waals surface area contributed by atoms with Gasteiger partial charge in [-0.2, -0.15) is 0 Å². The lowest BCUT2D eigenvalue weighted by Crippen LogP contribution is -2.51. The minimum atomic E-state index is -4.11. The van der Waals surface area contributed by atoms with E-state index < -0.39 is 28.5 Å². The zero-order chi connectivity index (χ0) is 27.9. The lowest BCUT2D eigenvalue weighted by atomic mass is 10.1. The van der Waals surface area contributed by atoms with Gasteiger partial charge in [0.05, 0.1) is 10.6 Å². The van der Waals surface area contributed by atoms with Crippen LogP contribution in [0, 0.1) is 0 Å². The van der Waals surface area contributed by atoms with E-state index in [-0.39, 0.29) is 17.3 Å². The zero-order valence-corrected chi connectivity index (χ0v) is 23.9. The van der Waals surface area contributed by atoms with Crippen molar-refractivity contribution < 1.29 is 18.0 Å². The molecule has 0 heterocycles. The number of hydrogen-bond acceptors (Lipinski definition) is 4. The van der Waals surface area contributed by atoms with E-state index >= 15 is 0 Å². The second-order valence-corrected chi connectivity index (χ2v) is 11.3. The Balaban J connectivity index is 2.05. The van der Waals surface area contributed by atoms with Crippen LogP contribution in [0.25, 0.3) is 0 Å². The summed E-state index contributed by atoms with van der Waals surface area (Å²) in [5, 5.41) is 3.39. The van der Waals surface area contributed by atoms with Crippen LogP contribution in [0.2, 0.25) is 10.0 Å². The molecule has 0 aliphatic rings. The molecule has 202 valence electrons. The van der Waals surface area contributed by atoms with Gasteiger partial charge in [-0.05, 0) is 62.2 Å². The van der Waals surface area contributed by atoms with E-state index in [2.05, 4.69) is 5.32 Å². The standard InChI is InChI=1S/C28H31Cl2N3O4S/c1-4-21-14-16-22(17-15-21)33(38(36,37)23-10-7-6-8-11-23)19-27(34)32(20(3)28(35)31-5-2)18-24-25(29)12-9-13-26(24)30/h6-17,20H,4-5,18-19H2,1-3H3,(H,31,35). The van der Waals surface area contributed by atoms with Gasteiger partial charge in [0.25, 0.3) is 10.0 Å². The van der Waals surface area contributed by atoms with E-state index in [0.29, 0.717) is 27.8 Å². The van der Waals surface area contributed by atoms with Crippen LogP contribution in [0.3, 0.4) is 0 Å². The first-order valence-corrected chi connectivity index (χ1v) is 14.5. The SMILES string of the molecule is CCNC(=O)C(C)N(Cc1c(Cl)cccc1Cl)C(=O)CN(c1ccc(CC)cc1)S(=O)(=O)c1ccccc1. The quantitative estimate of drug-likeness (QED) is 0.336. The van der Waals surface area contributed by atoms with Crippen molar-refractivity contribution in [3.63, 3.8) is 0 Å². The Morgan fingerprint density at radius 1 is 0.895 bits per heavy atom. The van der Waals surface area contributed by atoms with Gasteiger partial charge in [0.2, 0.25) is 11.8 Å². The normalized spacial score (nSPS) is 12.0. The molecule has 0 saturated heterocycles. The number of rotatable bonds is 11. The van der Waals surface area contributed by atoms with Crippen molar-refractivity contribution in [2.45, 2.75) is 44.7 Å². The minimum absolute atomic E-state index is 0.0461. The molecule has 0 aliphatic heterocycles. The number of sulfonamides is 1. The van der Waals surface area contributed by atoms with Gasteiger partial charge in [-0.3, -0.25) is 13.9 Å². The molecule has 0 fully saturated rings. The third-order valence-electron chi connectivity index (χ3n) is 6.15. The van der Waals surface area contributed by atoms with Crippen molar-refractivity contribution in [1.82, 2.24) is 10.2 Å². The molecule has 7 nitrogen and oxygen atoms in total. The summed E-state index contributed by atoms with van der Waals surface area (Å²) in [6.45, 7) is 5.11. The van der Waals surface area contributed by atoms with Gasteiger partial charge in [0.1, 0.15) is 12.6 Å². The number of nitrogens with zero attached hydrogens (tertiary/aromatic N) is 2. The lowest BCUT2D eigenvalue weighted by molar-refractivity contribution is -0.139. The highest BCUT2D eigenvalue weighted by molar-refractivity contribution is 7.92. The molecule has 0 spiro atoms. The van der Waals surface area contributed by atoms with E-state index in [1.54, 1.807) is 62.4 Å². The maximum atomic E-state index is 13.9. The molecule has 10 heteroatoms. The van der Waals surface area contributed by atoms with Gasteiger partial charge in [0, 0.05) is 28.7 Å². The number of anilines is 1. The third kappa shape index (κ3) is 6.87. The number of halogens is 2.